The highest BCUT2D eigenvalue weighted by molar-refractivity contribution is 7.98. The largest absolute Gasteiger partial charge is 0.354 e. The van der Waals surface area contributed by atoms with Crippen LogP contribution >= 0.6 is 11.8 Å². The van der Waals surface area contributed by atoms with Crippen LogP contribution in [0, 0.1) is 12.7 Å². The van der Waals surface area contributed by atoms with Gasteiger partial charge in [-0.3, -0.25) is 9.10 Å². The monoisotopic (exact) mass is 472 g/mol. The van der Waals surface area contributed by atoms with Gasteiger partial charge in [-0.2, -0.15) is 11.8 Å². The van der Waals surface area contributed by atoms with E-state index in [-0.39, 0.29) is 17.3 Å². The molecular formula is C24H25FN2O3S2. The van der Waals surface area contributed by atoms with E-state index in [0.717, 1.165) is 9.87 Å². The first-order chi connectivity index (χ1) is 15.4. The van der Waals surface area contributed by atoms with Gasteiger partial charge in [0.2, 0.25) is 5.91 Å². The molecule has 3 rings (SSSR count). The van der Waals surface area contributed by atoms with Gasteiger partial charge in [-0.1, -0.05) is 54.1 Å². The minimum Gasteiger partial charge on any atom is -0.354 e. The molecule has 0 saturated carbocycles. The summed E-state index contributed by atoms with van der Waals surface area (Å²) in [5, 5.41) is 2.76. The fraction of sp³-hybridized carbons (Fsp3) is 0.208. The van der Waals surface area contributed by atoms with Gasteiger partial charge >= 0.3 is 0 Å². The fourth-order valence-corrected chi connectivity index (χ4v) is 5.28. The third-order valence-electron chi connectivity index (χ3n) is 4.72. The van der Waals surface area contributed by atoms with Crippen molar-refractivity contribution >= 4 is 33.4 Å². The third kappa shape index (κ3) is 6.34. The van der Waals surface area contributed by atoms with Crippen molar-refractivity contribution in [2.24, 2.45) is 0 Å². The zero-order valence-electron chi connectivity index (χ0n) is 17.7. The molecule has 0 atom stereocenters. The Kier molecular flexibility index (Phi) is 8.30. The molecule has 32 heavy (non-hydrogen) atoms. The topological polar surface area (TPSA) is 66.5 Å². The maximum Gasteiger partial charge on any atom is 0.264 e. The number of hydrogen-bond acceptors (Lipinski definition) is 4. The van der Waals surface area contributed by atoms with Crippen molar-refractivity contribution in [1.82, 2.24) is 5.32 Å². The molecule has 0 aliphatic carbocycles. The number of thioether (sulfide) groups is 1. The van der Waals surface area contributed by atoms with E-state index in [1.54, 1.807) is 60.7 Å². The summed E-state index contributed by atoms with van der Waals surface area (Å²) in [6.45, 7) is 1.93. The summed E-state index contributed by atoms with van der Waals surface area (Å²) in [5.41, 5.74) is 2.02. The number of sulfonamides is 1. The average Bonchev–Trinajstić information content (AvgIpc) is 2.79. The summed E-state index contributed by atoms with van der Waals surface area (Å²) in [4.78, 5) is 12.7. The Morgan fingerprint density at radius 1 is 0.969 bits per heavy atom. The minimum atomic E-state index is -3.91. The summed E-state index contributed by atoms with van der Waals surface area (Å²) < 4.78 is 41.2. The molecule has 0 radical (unpaired) electrons. The van der Waals surface area contributed by atoms with Gasteiger partial charge in [-0.15, -0.1) is 0 Å². The number of amides is 1. The van der Waals surface area contributed by atoms with E-state index in [1.165, 1.54) is 30.0 Å². The van der Waals surface area contributed by atoms with Gasteiger partial charge in [0.25, 0.3) is 10.0 Å². The summed E-state index contributed by atoms with van der Waals surface area (Å²) >= 11 is 1.50. The number of hydrogen-bond donors (Lipinski definition) is 1. The first-order valence-corrected chi connectivity index (χ1v) is 12.7. The molecule has 0 aliphatic rings. The van der Waals surface area contributed by atoms with Crippen molar-refractivity contribution in [2.75, 3.05) is 23.1 Å². The van der Waals surface area contributed by atoms with Gasteiger partial charge in [0.1, 0.15) is 12.4 Å². The van der Waals surface area contributed by atoms with Gasteiger partial charge in [-0.05, 0) is 42.8 Å². The molecule has 0 fully saturated rings. The van der Waals surface area contributed by atoms with Crippen LogP contribution in [0.4, 0.5) is 10.1 Å². The molecule has 1 N–H and O–H groups in total. The fourth-order valence-electron chi connectivity index (χ4n) is 2.99. The van der Waals surface area contributed by atoms with Crippen molar-refractivity contribution < 1.29 is 17.6 Å². The van der Waals surface area contributed by atoms with Crippen LogP contribution < -0.4 is 9.62 Å². The Bertz CT molecular complexity index is 1140. The van der Waals surface area contributed by atoms with Gasteiger partial charge in [-0.25, -0.2) is 12.8 Å². The molecule has 0 unspecified atom stereocenters. The zero-order chi connectivity index (χ0) is 23.0. The van der Waals surface area contributed by atoms with Crippen LogP contribution in [0.1, 0.15) is 11.1 Å². The van der Waals surface area contributed by atoms with Gasteiger partial charge in [0, 0.05) is 18.1 Å². The first-order valence-electron chi connectivity index (χ1n) is 10.1. The number of nitrogens with one attached hydrogen (secondary N) is 1. The Labute approximate surface area is 192 Å². The number of nitrogens with zero attached hydrogens (tertiary/aromatic N) is 1. The van der Waals surface area contributed by atoms with Crippen molar-refractivity contribution in [3.63, 3.8) is 0 Å². The molecule has 3 aromatic rings. The van der Waals surface area contributed by atoms with Crippen LogP contribution in [-0.2, 0) is 20.6 Å². The molecule has 0 saturated heterocycles. The quantitative estimate of drug-likeness (QED) is 0.445. The second-order valence-electron chi connectivity index (χ2n) is 7.15. The second kappa shape index (κ2) is 11.2. The number of benzene rings is 3. The van der Waals surface area contributed by atoms with E-state index in [1.807, 2.05) is 6.92 Å². The smallest absolute Gasteiger partial charge is 0.264 e. The zero-order valence-corrected chi connectivity index (χ0v) is 19.3. The SMILES string of the molecule is Cc1ccc(N(CC(=O)NCCSCc2ccccc2F)S(=O)(=O)c2ccccc2)cc1. The molecule has 0 bridgehead atoms. The van der Waals surface area contributed by atoms with E-state index >= 15 is 0 Å². The minimum absolute atomic E-state index is 0.119. The molecule has 0 aliphatic heterocycles. The Hall–Kier alpha value is -2.84. The molecule has 1 amide bonds. The number of anilines is 1. The Morgan fingerprint density at radius 3 is 2.31 bits per heavy atom. The number of carbonyl (C=O) groups excluding carboxylic acids is 1. The van der Waals surface area contributed by atoms with E-state index in [4.69, 9.17) is 0 Å². The Morgan fingerprint density at radius 2 is 1.62 bits per heavy atom. The van der Waals surface area contributed by atoms with E-state index in [9.17, 15) is 17.6 Å². The van der Waals surface area contributed by atoms with E-state index in [2.05, 4.69) is 5.32 Å². The molecule has 8 heteroatoms. The van der Waals surface area contributed by atoms with Crippen LogP contribution in [0.25, 0.3) is 0 Å². The number of carbonyl (C=O) groups is 1. The predicted molar refractivity (Wildman–Crippen MR) is 128 cm³/mol. The van der Waals surface area contributed by atoms with E-state index < -0.39 is 15.9 Å². The Balaban J connectivity index is 1.62. The summed E-state index contributed by atoms with van der Waals surface area (Å²) in [7, 11) is -3.91. The number of aryl methyl sites for hydroxylation is 1. The van der Waals surface area contributed by atoms with Gasteiger partial charge in [0.05, 0.1) is 10.6 Å². The molecule has 3 aromatic carbocycles. The van der Waals surface area contributed by atoms with Crippen LogP contribution in [0.5, 0.6) is 0 Å². The lowest BCUT2D eigenvalue weighted by atomic mass is 10.2. The lowest BCUT2D eigenvalue weighted by Crippen LogP contribution is -2.41. The predicted octanol–water partition coefficient (Wildman–Crippen LogP) is 4.38. The van der Waals surface area contributed by atoms with Crippen molar-refractivity contribution in [3.05, 3.63) is 95.8 Å². The lowest BCUT2D eigenvalue weighted by Gasteiger charge is -2.24. The highest BCUT2D eigenvalue weighted by Crippen LogP contribution is 2.24. The summed E-state index contributed by atoms with van der Waals surface area (Å²) in [5.74, 6) is 0.427. The summed E-state index contributed by atoms with van der Waals surface area (Å²) in [6.07, 6.45) is 0. The first kappa shape index (κ1) is 23.8. The number of rotatable bonds is 10. The molecule has 0 spiro atoms. The number of halogens is 1. The van der Waals surface area contributed by atoms with Crippen molar-refractivity contribution in [1.29, 1.82) is 0 Å². The third-order valence-corrected chi connectivity index (χ3v) is 7.52. The van der Waals surface area contributed by atoms with E-state index in [0.29, 0.717) is 29.3 Å². The maximum atomic E-state index is 13.7. The molecule has 0 aromatic heterocycles. The molecule has 0 heterocycles. The van der Waals surface area contributed by atoms with Crippen LogP contribution in [-0.4, -0.2) is 33.2 Å². The van der Waals surface area contributed by atoms with Crippen molar-refractivity contribution in [3.8, 4) is 0 Å². The summed E-state index contributed by atoms with van der Waals surface area (Å²) in [6, 6.07) is 21.6. The second-order valence-corrected chi connectivity index (χ2v) is 10.1. The normalized spacial score (nSPS) is 11.2. The van der Waals surface area contributed by atoms with Crippen LogP contribution in [0.15, 0.2) is 83.8 Å². The molecule has 5 nitrogen and oxygen atoms in total. The average molecular weight is 473 g/mol. The highest BCUT2D eigenvalue weighted by Gasteiger charge is 2.26. The molecular weight excluding hydrogens is 447 g/mol. The van der Waals surface area contributed by atoms with Crippen molar-refractivity contribution in [2.45, 2.75) is 17.6 Å². The highest BCUT2D eigenvalue weighted by atomic mass is 32.2. The molecule has 168 valence electrons. The maximum absolute atomic E-state index is 13.7. The van der Waals surface area contributed by atoms with Crippen LogP contribution in [0.2, 0.25) is 0 Å². The van der Waals surface area contributed by atoms with Crippen LogP contribution in [0.3, 0.4) is 0 Å². The lowest BCUT2D eigenvalue weighted by molar-refractivity contribution is -0.119. The van der Waals surface area contributed by atoms with Gasteiger partial charge < -0.3 is 5.32 Å². The van der Waals surface area contributed by atoms with Gasteiger partial charge in [0.15, 0.2) is 0 Å². The standard InChI is InChI=1S/C24H25FN2O3S2/c1-19-11-13-21(14-12-19)27(32(29,30)22-8-3-2-4-9-22)17-24(28)26-15-16-31-18-20-7-5-6-10-23(20)25/h2-14H,15-18H2,1H3,(H,26,28).